The zero-order valence-electron chi connectivity index (χ0n) is 12.0. The molecule has 4 nitrogen and oxygen atoms in total. The van der Waals surface area contributed by atoms with Gasteiger partial charge in [0.05, 0.1) is 5.69 Å². The maximum absolute atomic E-state index is 11.0. The first-order valence-electron chi connectivity index (χ1n) is 6.29. The predicted molar refractivity (Wildman–Crippen MR) is 78.8 cm³/mol. The van der Waals surface area contributed by atoms with Gasteiger partial charge in [-0.2, -0.15) is 0 Å². The maximum Gasteiger partial charge on any atom is 0.347 e. The Kier molecular flexibility index (Phi) is 4.09. The summed E-state index contributed by atoms with van der Waals surface area (Å²) < 4.78 is 5.84. The molecule has 0 aliphatic heterocycles. The molecular weight excluding hydrogens is 274 g/mol. The third-order valence-corrected chi connectivity index (χ3v) is 4.37. The molecule has 0 saturated carbocycles. The number of carboxylic acid groups (broad SMARTS) is 1. The van der Waals surface area contributed by atoms with Crippen molar-refractivity contribution < 1.29 is 14.6 Å². The molecule has 1 aromatic heterocycles. The summed E-state index contributed by atoms with van der Waals surface area (Å²) in [4.78, 5) is 15.5. The lowest BCUT2D eigenvalue weighted by Gasteiger charge is -2.12. The van der Waals surface area contributed by atoms with Crippen LogP contribution in [0, 0.1) is 27.7 Å². The van der Waals surface area contributed by atoms with Crippen LogP contribution in [0.15, 0.2) is 12.1 Å². The number of aromatic carboxylic acids is 1. The van der Waals surface area contributed by atoms with Crippen LogP contribution in [0.1, 0.15) is 37.1 Å². The van der Waals surface area contributed by atoms with Crippen molar-refractivity contribution in [1.82, 2.24) is 4.98 Å². The largest absolute Gasteiger partial charge is 0.486 e. The summed E-state index contributed by atoms with van der Waals surface area (Å²) >= 11 is 1.17. The van der Waals surface area contributed by atoms with E-state index in [0.717, 1.165) is 16.9 Å². The molecule has 0 fully saturated rings. The van der Waals surface area contributed by atoms with E-state index >= 15 is 0 Å². The van der Waals surface area contributed by atoms with Crippen LogP contribution in [0.25, 0.3) is 0 Å². The Bertz CT molecular complexity index is 661. The second-order valence-electron chi connectivity index (χ2n) is 4.77. The number of rotatable bonds is 4. The van der Waals surface area contributed by atoms with Gasteiger partial charge in [-0.3, -0.25) is 0 Å². The summed E-state index contributed by atoms with van der Waals surface area (Å²) in [6.45, 7) is 8.05. The average molecular weight is 291 g/mol. The van der Waals surface area contributed by atoms with Crippen LogP contribution in [0.5, 0.6) is 5.75 Å². The van der Waals surface area contributed by atoms with Gasteiger partial charge in [0.15, 0.2) is 0 Å². The van der Waals surface area contributed by atoms with Gasteiger partial charge in [0.2, 0.25) is 0 Å². The SMILES string of the molecule is Cc1ccc(C)c(OCc2nc(C)c(C(=O)O)s2)c1C. The first-order valence-corrected chi connectivity index (χ1v) is 7.11. The quantitative estimate of drug-likeness (QED) is 0.934. The van der Waals surface area contributed by atoms with E-state index in [0.29, 0.717) is 17.3 Å². The molecule has 0 spiro atoms. The number of hydrogen-bond donors (Lipinski definition) is 1. The van der Waals surface area contributed by atoms with Crippen molar-refractivity contribution in [2.75, 3.05) is 0 Å². The van der Waals surface area contributed by atoms with Crippen molar-refractivity contribution in [2.24, 2.45) is 0 Å². The third kappa shape index (κ3) is 2.82. The fourth-order valence-corrected chi connectivity index (χ4v) is 2.81. The van der Waals surface area contributed by atoms with Crippen molar-refractivity contribution in [3.8, 4) is 5.75 Å². The van der Waals surface area contributed by atoms with Crippen molar-refractivity contribution in [3.63, 3.8) is 0 Å². The predicted octanol–water partition coefficient (Wildman–Crippen LogP) is 3.65. The Morgan fingerprint density at radius 1 is 1.25 bits per heavy atom. The molecule has 0 radical (unpaired) electrons. The van der Waals surface area contributed by atoms with E-state index in [1.807, 2.05) is 26.8 Å². The molecule has 2 aromatic rings. The van der Waals surface area contributed by atoms with Gasteiger partial charge in [-0.15, -0.1) is 11.3 Å². The highest BCUT2D eigenvalue weighted by Crippen LogP contribution is 2.27. The summed E-state index contributed by atoms with van der Waals surface area (Å²) in [5, 5.41) is 9.70. The minimum Gasteiger partial charge on any atom is -0.486 e. The number of carboxylic acids is 1. The lowest BCUT2D eigenvalue weighted by atomic mass is 10.1. The fourth-order valence-electron chi connectivity index (χ4n) is 1.99. The zero-order valence-corrected chi connectivity index (χ0v) is 12.8. The molecule has 1 N–H and O–H groups in total. The Hall–Kier alpha value is -1.88. The Morgan fingerprint density at radius 3 is 2.50 bits per heavy atom. The van der Waals surface area contributed by atoms with Crippen molar-refractivity contribution >= 4 is 17.3 Å². The Labute approximate surface area is 122 Å². The summed E-state index contributed by atoms with van der Waals surface area (Å²) in [6, 6.07) is 4.08. The fraction of sp³-hybridized carbons (Fsp3) is 0.333. The molecule has 2 rings (SSSR count). The smallest absolute Gasteiger partial charge is 0.347 e. The van der Waals surface area contributed by atoms with Gasteiger partial charge >= 0.3 is 5.97 Å². The number of ether oxygens (including phenoxy) is 1. The maximum atomic E-state index is 11.0. The van der Waals surface area contributed by atoms with Crippen LogP contribution in [0.4, 0.5) is 0 Å². The highest BCUT2D eigenvalue weighted by Gasteiger charge is 2.15. The third-order valence-electron chi connectivity index (χ3n) is 3.25. The minimum atomic E-state index is -0.936. The van der Waals surface area contributed by atoms with Gasteiger partial charge < -0.3 is 9.84 Å². The van der Waals surface area contributed by atoms with E-state index in [4.69, 9.17) is 9.84 Å². The number of nitrogens with zero attached hydrogens (tertiary/aromatic N) is 1. The zero-order chi connectivity index (χ0) is 14.9. The van der Waals surface area contributed by atoms with Crippen molar-refractivity contribution in [3.05, 3.63) is 44.4 Å². The van der Waals surface area contributed by atoms with E-state index in [2.05, 4.69) is 11.1 Å². The van der Waals surface area contributed by atoms with Gasteiger partial charge in [-0.25, -0.2) is 9.78 Å². The van der Waals surface area contributed by atoms with Crippen LogP contribution in [0.2, 0.25) is 0 Å². The van der Waals surface area contributed by atoms with Gasteiger partial charge in [0.25, 0.3) is 0 Å². The molecule has 5 heteroatoms. The molecule has 20 heavy (non-hydrogen) atoms. The van der Waals surface area contributed by atoms with Crippen LogP contribution in [-0.4, -0.2) is 16.1 Å². The van der Waals surface area contributed by atoms with E-state index in [1.165, 1.54) is 16.9 Å². The monoisotopic (exact) mass is 291 g/mol. The molecule has 1 aromatic carbocycles. The molecule has 0 aliphatic rings. The molecule has 0 aliphatic carbocycles. The summed E-state index contributed by atoms with van der Waals surface area (Å²) in [7, 11) is 0. The van der Waals surface area contributed by atoms with E-state index in [1.54, 1.807) is 6.92 Å². The molecular formula is C15H17NO3S. The number of benzene rings is 1. The first-order chi connectivity index (χ1) is 9.40. The van der Waals surface area contributed by atoms with Gasteiger partial charge in [0, 0.05) is 0 Å². The average Bonchev–Trinajstić information content (AvgIpc) is 2.75. The molecule has 0 saturated heterocycles. The second kappa shape index (κ2) is 5.63. The molecule has 106 valence electrons. The highest BCUT2D eigenvalue weighted by molar-refractivity contribution is 7.13. The van der Waals surface area contributed by atoms with Crippen molar-refractivity contribution in [2.45, 2.75) is 34.3 Å². The Balaban J connectivity index is 2.19. The lowest BCUT2D eigenvalue weighted by Crippen LogP contribution is -1.99. The van der Waals surface area contributed by atoms with Gasteiger partial charge in [-0.1, -0.05) is 12.1 Å². The van der Waals surface area contributed by atoms with E-state index in [9.17, 15) is 4.79 Å². The van der Waals surface area contributed by atoms with Crippen LogP contribution < -0.4 is 4.74 Å². The summed E-state index contributed by atoms with van der Waals surface area (Å²) in [6.07, 6.45) is 0. The number of aromatic nitrogens is 1. The number of thiazole rings is 1. The minimum absolute atomic E-state index is 0.279. The van der Waals surface area contributed by atoms with E-state index in [-0.39, 0.29) is 4.88 Å². The highest BCUT2D eigenvalue weighted by atomic mass is 32.1. The van der Waals surface area contributed by atoms with Gasteiger partial charge in [-0.05, 0) is 44.4 Å². The molecule has 1 heterocycles. The topological polar surface area (TPSA) is 59.4 Å². The van der Waals surface area contributed by atoms with Crippen molar-refractivity contribution in [1.29, 1.82) is 0 Å². The molecule has 0 unspecified atom stereocenters. The van der Waals surface area contributed by atoms with Crippen LogP contribution >= 0.6 is 11.3 Å². The first kappa shape index (κ1) is 14.5. The molecule has 0 atom stereocenters. The molecule has 0 amide bonds. The molecule has 0 bridgehead atoms. The Morgan fingerprint density at radius 2 is 1.90 bits per heavy atom. The number of hydrogen-bond acceptors (Lipinski definition) is 4. The summed E-state index contributed by atoms with van der Waals surface area (Å²) in [5.41, 5.74) is 3.89. The number of carbonyl (C=O) groups is 1. The van der Waals surface area contributed by atoms with E-state index < -0.39 is 5.97 Å². The normalized spacial score (nSPS) is 10.6. The van der Waals surface area contributed by atoms with Crippen LogP contribution in [-0.2, 0) is 6.61 Å². The lowest BCUT2D eigenvalue weighted by molar-refractivity contribution is 0.0701. The van der Waals surface area contributed by atoms with Gasteiger partial charge in [0.1, 0.15) is 22.2 Å². The standard InChI is InChI=1S/C15H17NO3S/c1-8-5-6-9(2)13(10(8)3)19-7-12-16-11(4)14(20-12)15(17)18/h5-6H,7H2,1-4H3,(H,17,18). The second-order valence-corrected chi connectivity index (χ2v) is 5.85. The number of aryl methyl sites for hydroxylation is 3. The van der Waals surface area contributed by atoms with Crippen LogP contribution in [0.3, 0.4) is 0 Å². The summed E-state index contributed by atoms with van der Waals surface area (Å²) in [5.74, 6) is -0.0797.